The number of nitrogens with one attached hydrogen (secondary N) is 2. The largest absolute Gasteiger partial charge is 0.347 e. The smallest absolute Gasteiger partial charge is 0.251 e. The first kappa shape index (κ1) is 16.2. The molecule has 0 bridgehead atoms. The predicted molar refractivity (Wildman–Crippen MR) is 80.5 cm³/mol. The van der Waals surface area contributed by atoms with E-state index in [2.05, 4.69) is 10.6 Å². The molecular formula is C15H23N3O2. The number of carbonyl (C=O) groups is 2. The van der Waals surface area contributed by atoms with Gasteiger partial charge in [-0.3, -0.25) is 9.59 Å². The van der Waals surface area contributed by atoms with Crippen molar-refractivity contribution < 1.29 is 9.59 Å². The SMILES string of the molecule is CC(CN)C(=O)Nc1cccc(C(=O)NC(C)(C)C)c1. The molecule has 2 amide bonds. The van der Waals surface area contributed by atoms with Gasteiger partial charge in [0, 0.05) is 29.3 Å². The second-order valence-electron chi connectivity index (χ2n) is 5.91. The number of hydrogen-bond acceptors (Lipinski definition) is 3. The van der Waals surface area contributed by atoms with Crippen molar-refractivity contribution in [1.29, 1.82) is 0 Å². The standard InChI is InChI=1S/C15H23N3O2/c1-10(9-16)13(19)17-12-7-5-6-11(8-12)14(20)18-15(2,3)4/h5-8,10H,9,16H2,1-4H3,(H,17,19)(H,18,20). The van der Waals surface area contributed by atoms with Gasteiger partial charge in [-0.05, 0) is 39.0 Å². The Balaban J connectivity index is 2.81. The van der Waals surface area contributed by atoms with Crippen LogP contribution in [0.15, 0.2) is 24.3 Å². The molecule has 0 radical (unpaired) electrons. The summed E-state index contributed by atoms with van der Waals surface area (Å²) in [6.07, 6.45) is 0. The fraction of sp³-hybridized carbons (Fsp3) is 0.467. The van der Waals surface area contributed by atoms with Gasteiger partial charge in [0.1, 0.15) is 0 Å². The summed E-state index contributed by atoms with van der Waals surface area (Å²) in [6.45, 7) is 7.79. The summed E-state index contributed by atoms with van der Waals surface area (Å²) in [7, 11) is 0. The highest BCUT2D eigenvalue weighted by molar-refractivity contribution is 5.97. The molecule has 0 saturated carbocycles. The minimum atomic E-state index is -0.301. The molecule has 0 aliphatic carbocycles. The molecule has 4 N–H and O–H groups in total. The van der Waals surface area contributed by atoms with E-state index in [0.29, 0.717) is 11.3 Å². The van der Waals surface area contributed by atoms with Gasteiger partial charge in [-0.15, -0.1) is 0 Å². The molecule has 0 aliphatic rings. The highest BCUT2D eigenvalue weighted by atomic mass is 16.2. The zero-order valence-corrected chi connectivity index (χ0v) is 12.5. The number of carbonyl (C=O) groups excluding carboxylic acids is 2. The lowest BCUT2D eigenvalue weighted by atomic mass is 10.1. The summed E-state index contributed by atoms with van der Waals surface area (Å²) in [5.74, 6) is -0.580. The van der Waals surface area contributed by atoms with Gasteiger partial charge < -0.3 is 16.4 Å². The van der Waals surface area contributed by atoms with Crippen molar-refractivity contribution in [3.8, 4) is 0 Å². The van der Waals surface area contributed by atoms with Crippen molar-refractivity contribution in [2.75, 3.05) is 11.9 Å². The fourth-order valence-electron chi connectivity index (χ4n) is 1.52. The number of anilines is 1. The third-order valence-corrected chi connectivity index (χ3v) is 2.68. The molecule has 5 nitrogen and oxygen atoms in total. The lowest BCUT2D eigenvalue weighted by molar-refractivity contribution is -0.119. The first-order valence-corrected chi connectivity index (χ1v) is 6.66. The quantitative estimate of drug-likeness (QED) is 0.784. The van der Waals surface area contributed by atoms with E-state index in [1.807, 2.05) is 20.8 Å². The van der Waals surface area contributed by atoms with Gasteiger partial charge in [0.15, 0.2) is 0 Å². The van der Waals surface area contributed by atoms with E-state index < -0.39 is 0 Å². The Bertz CT molecular complexity index is 492. The summed E-state index contributed by atoms with van der Waals surface area (Å²) in [5, 5.41) is 5.63. The molecule has 5 heteroatoms. The lowest BCUT2D eigenvalue weighted by Gasteiger charge is -2.20. The van der Waals surface area contributed by atoms with Gasteiger partial charge in [-0.2, -0.15) is 0 Å². The van der Waals surface area contributed by atoms with Crippen molar-refractivity contribution in [2.45, 2.75) is 33.2 Å². The van der Waals surface area contributed by atoms with Gasteiger partial charge in [0.25, 0.3) is 5.91 Å². The van der Waals surface area contributed by atoms with Crippen LogP contribution >= 0.6 is 0 Å². The Morgan fingerprint density at radius 2 is 1.95 bits per heavy atom. The molecule has 0 spiro atoms. The Hall–Kier alpha value is -1.88. The van der Waals surface area contributed by atoms with Crippen LogP contribution < -0.4 is 16.4 Å². The number of benzene rings is 1. The Morgan fingerprint density at radius 3 is 2.50 bits per heavy atom. The summed E-state index contributed by atoms with van der Waals surface area (Å²) in [5.41, 5.74) is 6.25. The van der Waals surface area contributed by atoms with E-state index in [9.17, 15) is 9.59 Å². The maximum absolute atomic E-state index is 12.0. The van der Waals surface area contributed by atoms with Gasteiger partial charge in [0.2, 0.25) is 5.91 Å². The molecule has 1 atom stereocenters. The van der Waals surface area contributed by atoms with Crippen LogP contribution in [0, 0.1) is 5.92 Å². The summed E-state index contributed by atoms with van der Waals surface area (Å²) < 4.78 is 0. The van der Waals surface area contributed by atoms with Crippen LogP contribution in [0.3, 0.4) is 0 Å². The average molecular weight is 277 g/mol. The van der Waals surface area contributed by atoms with E-state index in [-0.39, 0.29) is 29.8 Å². The molecule has 1 unspecified atom stereocenters. The van der Waals surface area contributed by atoms with Gasteiger partial charge in [-0.1, -0.05) is 13.0 Å². The molecule has 1 aromatic rings. The van der Waals surface area contributed by atoms with Gasteiger partial charge in [-0.25, -0.2) is 0 Å². The predicted octanol–water partition coefficient (Wildman–Crippen LogP) is 1.75. The van der Waals surface area contributed by atoms with Crippen LogP contribution in [-0.2, 0) is 4.79 Å². The van der Waals surface area contributed by atoms with E-state index >= 15 is 0 Å². The normalized spacial score (nSPS) is 12.7. The summed E-state index contributed by atoms with van der Waals surface area (Å²) >= 11 is 0. The Morgan fingerprint density at radius 1 is 1.30 bits per heavy atom. The molecule has 0 aromatic heterocycles. The monoisotopic (exact) mass is 277 g/mol. The maximum Gasteiger partial charge on any atom is 0.251 e. The van der Waals surface area contributed by atoms with Crippen LogP contribution in [0.1, 0.15) is 38.1 Å². The topological polar surface area (TPSA) is 84.2 Å². The fourth-order valence-corrected chi connectivity index (χ4v) is 1.52. The minimum absolute atomic E-state index is 0.152. The highest BCUT2D eigenvalue weighted by Crippen LogP contribution is 2.13. The van der Waals surface area contributed by atoms with E-state index in [1.54, 1.807) is 31.2 Å². The molecule has 0 aliphatic heterocycles. The molecule has 0 heterocycles. The number of amides is 2. The molecule has 0 saturated heterocycles. The van der Waals surface area contributed by atoms with Crippen LogP contribution in [0.4, 0.5) is 5.69 Å². The summed E-state index contributed by atoms with van der Waals surface area (Å²) in [6, 6.07) is 6.85. The van der Waals surface area contributed by atoms with Gasteiger partial charge >= 0.3 is 0 Å². The second-order valence-corrected chi connectivity index (χ2v) is 5.91. The van der Waals surface area contributed by atoms with Crippen molar-refractivity contribution in [1.82, 2.24) is 5.32 Å². The first-order chi connectivity index (χ1) is 9.23. The van der Waals surface area contributed by atoms with Crippen LogP contribution in [-0.4, -0.2) is 23.9 Å². The van der Waals surface area contributed by atoms with Crippen LogP contribution in [0.5, 0.6) is 0 Å². The molecule has 1 aromatic carbocycles. The Kier molecular flexibility index (Phi) is 5.27. The lowest BCUT2D eigenvalue weighted by Crippen LogP contribution is -2.40. The van der Waals surface area contributed by atoms with Crippen LogP contribution in [0.2, 0.25) is 0 Å². The minimum Gasteiger partial charge on any atom is -0.347 e. The van der Waals surface area contributed by atoms with Crippen LogP contribution in [0.25, 0.3) is 0 Å². The average Bonchev–Trinajstić information content (AvgIpc) is 2.36. The Labute approximate surface area is 119 Å². The molecule has 1 rings (SSSR count). The van der Waals surface area contributed by atoms with Crippen molar-refractivity contribution in [3.63, 3.8) is 0 Å². The third kappa shape index (κ3) is 5.01. The number of hydrogen-bond donors (Lipinski definition) is 3. The second kappa shape index (κ2) is 6.52. The zero-order chi connectivity index (χ0) is 15.3. The van der Waals surface area contributed by atoms with Crippen molar-refractivity contribution in [2.24, 2.45) is 11.7 Å². The van der Waals surface area contributed by atoms with Crippen molar-refractivity contribution in [3.05, 3.63) is 29.8 Å². The summed E-state index contributed by atoms with van der Waals surface area (Å²) in [4.78, 5) is 23.8. The van der Waals surface area contributed by atoms with E-state index in [4.69, 9.17) is 5.73 Å². The van der Waals surface area contributed by atoms with Gasteiger partial charge in [0.05, 0.1) is 0 Å². The molecular weight excluding hydrogens is 254 g/mol. The van der Waals surface area contributed by atoms with E-state index in [0.717, 1.165) is 0 Å². The van der Waals surface area contributed by atoms with E-state index in [1.165, 1.54) is 0 Å². The number of rotatable bonds is 4. The third-order valence-electron chi connectivity index (χ3n) is 2.68. The zero-order valence-electron chi connectivity index (χ0n) is 12.5. The first-order valence-electron chi connectivity index (χ1n) is 6.66. The molecule has 20 heavy (non-hydrogen) atoms. The maximum atomic E-state index is 12.0. The highest BCUT2D eigenvalue weighted by Gasteiger charge is 2.16. The van der Waals surface area contributed by atoms with Crippen molar-refractivity contribution >= 4 is 17.5 Å². The molecule has 0 fully saturated rings. The number of nitrogens with two attached hydrogens (primary N) is 1. The molecule has 110 valence electrons.